The van der Waals surface area contributed by atoms with Crippen LogP contribution in [0, 0.1) is 0 Å². The summed E-state index contributed by atoms with van der Waals surface area (Å²) in [7, 11) is -10.1. The number of aromatic nitrogens is 4. The van der Waals surface area contributed by atoms with Crippen molar-refractivity contribution in [2.45, 2.75) is 9.79 Å². The van der Waals surface area contributed by atoms with E-state index in [0.29, 0.717) is 33.8 Å². The number of fused-ring (bicyclic) bond motifs is 4. The molecule has 12 aromatic rings. The Labute approximate surface area is 458 Å². The zero-order chi connectivity index (χ0) is 54.8. The number of benzene rings is 10. The van der Waals surface area contributed by atoms with Crippen molar-refractivity contribution in [3.8, 4) is 34.8 Å². The van der Waals surface area contributed by atoms with Gasteiger partial charge in [-0.2, -0.15) is 26.8 Å². The molecule has 392 valence electrons. The molecule has 0 fully saturated rings. The first-order valence-electron chi connectivity index (χ1n) is 24.7. The van der Waals surface area contributed by atoms with Gasteiger partial charge >= 0.3 is 0 Å². The summed E-state index contributed by atoms with van der Waals surface area (Å²) in [5.41, 5.74) is -0.0165. The molecule has 16 nitrogen and oxygen atoms in total. The Kier molecular flexibility index (Phi) is 13.5. The highest BCUT2D eigenvalue weighted by Crippen LogP contribution is 2.38. The molecule has 0 amide bonds. The SMILES string of the molecule is O=S(=O)(O)c1cc(N(Oc2cccc3ccccc23)c2nccc(Oc3cccc4ccccc34)n2)ccc1C=Cc1ccc(N(Oc2cccc3ccccc23)c2nccc(Oc3cccc4ccccc34)n2)cc1S(=O)(=O)O. The van der Waals surface area contributed by atoms with Crippen LogP contribution in [0.25, 0.3) is 55.2 Å². The molecule has 0 aliphatic carbocycles. The normalized spacial score (nSPS) is 11.8. The lowest BCUT2D eigenvalue weighted by Crippen LogP contribution is -2.24. The van der Waals surface area contributed by atoms with E-state index in [1.807, 2.05) is 146 Å². The third kappa shape index (κ3) is 10.6. The standard InChI is InChI=1S/C62H42N6O10S2/c69-79(70,71)57-39-47(67(77-55-27-11-19-43-15-3-7-23-51(43)55)61-63-37-35-59(65-61)75-53-25-9-17-41-13-1-5-21-49(41)53)33-31-45(57)29-30-46-32-34-48(40-58(46)80(72,73)74)68(78-56-28-12-20-44-16-4-8-24-52(44)56)62-64-38-36-60(66-62)76-54-26-10-18-42-14-2-6-22-50(42)54/h1-40H,(H,69,70,71)(H,72,73,74). The lowest BCUT2D eigenvalue weighted by atomic mass is 10.1. The number of anilines is 4. The summed E-state index contributed by atoms with van der Waals surface area (Å²) in [6.07, 6.45) is 5.48. The summed E-state index contributed by atoms with van der Waals surface area (Å²) in [6, 6.07) is 63.8. The van der Waals surface area contributed by atoms with Gasteiger partial charge in [0.05, 0.1) is 11.4 Å². The largest absolute Gasteiger partial charge is 0.438 e. The van der Waals surface area contributed by atoms with E-state index in [2.05, 4.69) is 9.97 Å². The first-order valence-corrected chi connectivity index (χ1v) is 27.6. The lowest BCUT2D eigenvalue weighted by molar-refractivity contribution is 0.318. The Morgan fingerprint density at radius 3 is 1.06 bits per heavy atom. The van der Waals surface area contributed by atoms with E-state index in [1.54, 1.807) is 36.4 Å². The minimum absolute atomic E-state index is 0.0630. The van der Waals surface area contributed by atoms with Gasteiger partial charge in [-0.15, -0.1) is 10.1 Å². The van der Waals surface area contributed by atoms with E-state index in [1.165, 1.54) is 58.9 Å². The first kappa shape index (κ1) is 50.6. The van der Waals surface area contributed by atoms with Gasteiger partial charge in [0.1, 0.15) is 21.3 Å². The summed E-state index contributed by atoms with van der Waals surface area (Å²) >= 11 is 0. The second-order valence-electron chi connectivity index (χ2n) is 18.0. The monoisotopic (exact) mass is 1090 g/mol. The summed E-state index contributed by atoms with van der Waals surface area (Å²) < 4.78 is 87.9. The van der Waals surface area contributed by atoms with E-state index in [-0.39, 0.29) is 46.2 Å². The van der Waals surface area contributed by atoms with Gasteiger partial charge in [-0.1, -0.05) is 170 Å². The van der Waals surface area contributed by atoms with Gasteiger partial charge in [-0.3, -0.25) is 9.11 Å². The molecule has 2 aromatic heterocycles. The van der Waals surface area contributed by atoms with Gasteiger partial charge in [-0.25, -0.2) is 9.97 Å². The van der Waals surface area contributed by atoms with Crippen molar-refractivity contribution >= 4 is 98.7 Å². The van der Waals surface area contributed by atoms with Crippen molar-refractivity contribution in [2.75, 3.05) is 10.1 Å². The maximum absolute atomic E-state index is 13.4. The highest BCUT2D eigenvalue weighted by Gasteiger charge is 2.26. The van der Waals surface area contributed by atoms with E-state index in [4.69, 9.17) is 29.1 Å². The molecule has 0 atom stereocenters. The molecule has 18 heteroatoms. The Balaban J connectivity index is 0.918. The van der Waals surface area contributed by atoms with E-state index >= 15 is 0 Å². The minimum atomic E-state index is -5.03. The van der Waals surface area contributed by atoms with Gasteiger partial charge in [0.25, 0.3) is 32.1 Å². The summed E-state index contributed by atoms with van der Waals surface area (Å²) in [6.45, 7) is 0. The Bertz CT molecular complexity index is 4310. The van der Waals surface area contributed by atoms with Crippen LogP contribution in [-0.4, -0.2) is 45.9 Å². The van der Waals surface area contributed by atoms with E-state index in [9.17, 15) is 25.9 Å². The van der Waals surface area contributed by atoms with Crippen LogP contribution < -0.4 is 29.3 Å². The maximum Gasteiger partial charge on any atom is 0.295 e. The van der Waals surface area contributed by atoms with Gasteiger partial charge in [0.2, 0.25) is 11.8 Å². The molecule has 0 aliphatic rings. The Hall–Kier alpha value is -10.2. The molecule has 2 N–H and O–H groups in total. The fourth-order valence-corrected chi connectivity index (χ4v) is 10.5. The van der Waals surface area contributed by atoms with Crippen LogP contribution in [0.2, 0.25) is 0 Å². The first-order chi connectivity index (χ1) is 38.9. The van der Waals surface area contributed by atoms with Crippen LogP contribution >= 0.6 is 0 Å². The second kappa shape index (κ2) is 21.3. The fraction of sp³-hybridized carbons (Fsp3) is 0. The van der Waals surface area contributed by atoms with Crippen LogP contribution in [0.3, 0.4) is 0 Å². The highest BCUT2D eigenvalue weighted by molar-refractivity contribution is 7.86. The molecule has 0 radical (unpaired) electrons. The van der Waals surface area contributed by atoms with Crippen molar-refractivity contribution in [1.29, 1.82) is 0 Å². The number of hydrogen-bond donors (Lipinski definition) is 2. The molecule has 0 spiro atoms. The smallest absolute Gasteiger partial charge is 0.295 e. The van der Waals surface area contributed by atoms with Gasteiger partial charge in [-0.05, 0) is 81.2 Å². The molecular formula is C62H42N6O10S2. The average Bonchev–Trinajstić information content (AvgIpc) is 3.48. The topological polar surface area (TPSA) is 204 Å². The number of rotatable bonds is 16. The third-order valence-electron chi connectivity index (χ3n) is 12.9. The van der Waals surface area contributed by atoms with E-state index in [0.717, 1.165) is 44.5 Å². The number of nitrogens with zero attached hydrogens (tertiary/aromatic N) is 6. The summed E-state index contributed by atoms with van der Waals surface area (Å²) in [4.78, 5) is 30.3. The maximum atomic E-state index is 13.4. The molecule has 0 unspecified atom stereocenters. The quantitative estimate of drug-likeness (QED) is 0.0525. The van der Waals surface area contributed by atoms with Crippen LogP contribution in [0.5, 0.6) is 34.8 Å². The molecule has 0 saturated heterocycles. The van der Waals surface area contributed by atoms with Crippen LogP contribution in [0.4, 0.5) is 23.3 Å². The predicted molar refractivity (Wildman–Crippen MR) is 307 cm³/mol. The minimum Gasteiger partial charge on any atom is -0.438 e. The fourth-order valence-electron chi connectivity index (χ4n) is 9.13. The van der Waals surface area contributed by atoms with Crippen molar-refractivity contribution < 1.29 is 45.1 Å². The molecule has 2 heterocycles. The number of hydrogen-bond acceptors (Lipinski definition) is 14. The molecular weight excluding hydrogens is 1050 g/mol. The van der Waals surface area contributed by atoms with Crippen molar-refractivity contribution in [1.82, 2.24) is 19.9 Å². The lowest BCUT2D eigenvalue weighted by Gasteiger charge is -2.24. The molecule has 80 heavy (non-hydrogen) atoms. The van der Waals surface area contributed by atoms with Crippen LogP contribution in [-0.2, 0) is 20.2 Å². The molecule has 0 aliphatic heterocycles. The zero-order valence-corrected chi connectivity index (χ0v) is 43.4. The predicted octanol–water partition coefficient (Wildman–Crippen LogP) is 14.4. The van der Waals surface area contributed by atoms with Crippen molar-refractivity contribution in [3.63, 3.8) is 0 Å². The highest BCUT2D eigenvalue weighted by atomic mass is 32.2. The molecule has 12 rings (SSSR count). The molecule has 0 bridgehead atoms. The Morgan fingerprint density at radius 2 is 0.700 bits per heavy atom. The zero-order valence-electron chi connectivity index (χ0n) is 41.8. The molecule has 10 aromatic carbocycles. The van der Waals surface area contributed by atoms with Gasteiger partial charge < -0.3 is 19.1 Å². The van der Waals surface area contributed by atoms with Crippen LogP contribution in [0.15, 0.2) is 241 Å². The van der Waals surface area contributed by atoms with E-state index < -0.39 is 30.0 Å². The molecule has 0 saturated carbocycles. The summed E-state index contributed by atoms with van der Waals surface area (Å²) in [5, 5.41) is 9.12. The van der Waals surface area contributed by atoms with Gasteiger partial charge in [0, 0.05) is 46.1 Å². The van der Waals surface area contributed by atoms with Gasteiger partial charge in [0.15, 0.2) is 11.5 Å². The van der Waals surface area contributed by atoms with Crippen LogP contribution in [0.1, 0.15) is 11.1 Å². The summed E-state index contributed by atoms with van der Waals surface area (Å²) in [5.74, 6) is 1.93. The van der Waals surface area contributed by atoms with Crippen molar-refractivity contribution in [3.05, 3.63) is 242 Å². The average molecular weight is 1100 g/mol. The number of ether oxygens (including phenoxy) is 2. The van der Waals surface area contributed by atoms with Crippen molar-refractivity contribution in [2.24, 2.45) is 0 Å². The Morgan fingerprint density at radius 1 is 0.375 bits per heavy atom. The third-order valence-corrected chi connectivity index (χ3v) is 14.7. The second-order valence-corrected chi connectivity index (χ2v) is 20.8.